The molecule has 0 radical (unpaired) electrons. The molecule has 7 unspecified atom stereocenters. The van der Waals surface area contributed by atoms with Crippen molar-refractivity contribution in [2.24, 2.45) is 28.1 Å². The molecule has 0 saturated heterocycles. The van der Waals surface area contributed by atoms with Gasteiger partial charge in [0.05, 0.1) is 18.3 Å². The van der Waals surface area contributed by atoms with Crippen molar-refractivity contribution in [3.63, 3.8) is 0 Å². The van der Waals surface area contributed by atoms with E-state index in [4.69, 9.17) is 0 Å². The molecular weight excluding hydrogens is 288 g/mol. The molecule has 0 aromatic carbocycles. The molecule has 132 valence electrons. The van der Waals surface area contributed by atoms with E-state index in [1.807, 2.05) is 13.0 Å². The molecule has 3 rings (SSSR count). The van der Waals surface area contributed by atoms with Crippen LogP contribution in [0.15, 0.2) is 12.7 Å². The standard InChI is InChI=1S/C20H34O3/c1-5-17(2)9-6-15-18(3)10-8-16(22)19(4,13-21)14(18)7-11-20(15,23)12-17/h5,14-16,21-23H,1,6-13H2,2-4H3. The van der Waals surface area contributed by atoms with E-state index in [1.165, 1.54) is 0 Å². The van der Waals surface area contributed by atoms with Crippen molar-refractivity contribution in [1.29, 1.82) is 0 Å². The summed E-state index contributed by atoms with van der Waals surface area (Å²) in [5.74, 6) is 0.544. The Morgan fingerprint density at radius 1 is 1.04 bits per heavy atom. The van der Waals surface area contributed by atoms with Crippen LogP contribution in [-0.2, 0) is 0 Å². The van der Waals surface area contributed by atoms with Crippen molar-refractivity contribution >= 4 is 0 Å². The first-order valence-corrected chi connectivity index (χ1v) is 9.28. The first kappa shape index (κ1) is 17.4. The Kier molecular flexibility index (Phi) is 4.02. The molecule has 3 fully saturated rings. The molecule has 0 aromatic rings. The van der Waals surface area contributed by atoms with Crippen LogP contribution in [0.3, 0.4) is 0 Å². The second kappa shape index (κ2) is 5.31. The summed E-state index contributed by atoms with van der Waals surface area (Å²) in [6.45, 7) is 10.6. The number of allylic oxidation sites excluding steroid dienone is 1. The summed E-state index contributed by atoms with van der Waals surface area (Å²) < 4.78 is 0. The number of fused-ring (bicyclic) bond motifs is 3. The zero-order valence-electron chi connectivity index (χ0n) is 15.0. The van der Waals surface area contributed by atoms with Crippen LogP contribution in [0.5, 0.6) is 0 Å². The Hall–Kier alpha value is -0.380. The molecule has 7 atom stereocenters. The van der Waals surface area contributed by atoms with E-state index in [0.717, 1.165) is 44.9 Å². The first-order valence-electron chi connectivity index (χ1n) is 9.28. The Balaban J connectivity index is 1.96. The summed E-state index contributed by atoms with van der Waals surface area (Å²) in [7, 11) is 0. The van der Waals surface area contributed by atoms with Gasteiger partial charge in [0.15, 0.2) is 0 Å². The summed E-state index contributed by atoms with van der Waals surface area (Å²) in [4.78, 5) is 0. The van der Waals surface area contributed by atoms with Gasteiger partial charge in [-0.2, -0.15) is 0 Å². The molecule has 0 heterocycles. The van der Waals surface area contributed by atoms with E-state index in [1.54, 1.807) is 0 Å². The van der Waals surface area contributed by atoms with Gasteiger partial charge in [0.25, 0.3) is 0 Å². The van der Waals surface area contributed by atoms with E-state index in [0.29, 0.717) is 0 Å². The molecule has 0 aromatic heterocycles. The van der Waals surface area contributed by atoms with Crippen molar-refractivity contribution < 1.29 is 15.3 Å². The van der Waals surface area contributed by atoms with Crippen molar-refractivity contribution in [1.82, 2.24) is 0 Å². The maximum absolute atomic E-state index is 11.5. The SMILES string of the molecule is C=CC1(C)CCC2C(O)(CCC3C(C)(CO)C(O)CCC23C)C1. The highest BCUT2D eigenvalue weighted by Gasteiger charge is 2.64. The first-order chi connectivity index (χ1) is 10.6. The Morgan fingerprint density at radius 2 is 1.70 bits per heavy atom. The Labute approximate surface area is 140 Å². The van der Waals surface area contributed by atoms with Gasteiger partial charge in [0.2, 0.25) is 0 Å². The van der Waals surface area contributed by atoms with Gasteiger partial charge >= 0.3 is 0 Å². The van der Waals surface area contributed by atoms with Gasteiger partial charge in [-0.3, -0.25) is 0 Å². The highest BCUT2D eigenvalue weighted by Crippen LogP contribution is 2.66. The lowest BCUT2D eigenvalue weighted by atomic mass is 9.41. The van der Waals surface area contributed by atoms with Crippen molar-refractivity contribution in [3.05, 3.63) is 12.7 Å². The number of rotatable bonds is 2. The molecule has 3 saturated carbocycles. The second-order valence-corrected chi connectivity index (χ2v) is 9.55. The largest absolute Gasteiger partial charge is 0.396 e. The fourth-order valence-electron chi connectivity index (χ4n) is 6.66. The van der Waals surface area contributed by atoms with Crippen molar-refractivity contribution in [2.45, 2.75) is 77.4 Å². The molecule has 3 N–H and O–H groups in total. The quantitative estimate of drug-likeness (QED) is 0.684. The third-order valence-corrected chi connectivity index (χ3v) is 8.17. The minimum absolute atomic E-state index is 0.00616. The third-order valence-electron chi connectivity index (χ3n) is 8.17. The number of aliphatic hydroxyl groups excluding tert-OH is 2. The Morgan fingerprint density at radius 3 is 2.30 bits per heavy atom. The minimum atomic E-state index is -0.620. The van der Waals surface area contributed by atoms with E-state index in [-0.39, 0.29) is 29.3 Å². The summed E-state index contributed by atoms with van der Waals surface area (Å²) in [6, 6.07) is 0. The van der Waals surface area contributed by atoms with Crippen molar-refractivity contribution in [2.75, 3.05) is 6.61 Å². The molecule has 3 aliphatic carbocycles. The molecule has 3 aliphatic rings. The van der Waals surface area contributed by atoms with Crippen LogP contribution in [0.1, 0.15) is 65.7 Å². The number of hydrogen-bond acceptors (Lipinski definition) is 3. The third kappa shape index (κ3) is 2.34. The molecule has 23 heavy (non-hydrogen) atoms. The zero-order valence-corrected chi connectivity index (χ0v) is 15.0. The van der Waals surface area contributed by atoms with Crippen LogP contribution in [0.25, 0.3) is 0 Å². The monoisotopic (exact) mass is 322 g/mol. The predicted molar refractivity (Wildman–Crippen MR) is 91.9 cm³/mol. The fourth-order valence-corrected chi connectivity index (χ4v) is 6.66. The lowest BCUT2D eigenvalue weighted by Gasteiger charge is -2.65. The van der Waals surface area contributed by atoms with E-state index >= 15 is 0 Å². The highest BCUT2D eigenvalue weighted by molar-refractivity contribution is 5.15. The van der Waals surface area contributed by atoms with E-state index in [2.05, 4.69) is 20.4 Å². The fraction of sp³-hybridized carbons (Fsp3) is 0.900. The lowest BCUT2D eigenvalue weighted by Crippen LogP contribution is -2.64. The smallest absolute Gasteiger partial charge is 0.0689 e. The van der Waals surface area contributed by atoms with E-state index < -0.39 is 17.1 Å². The van der Waals surface area contributed by atoms with Crippen LogP contribution in [0.4, 0.5) is 0 Å². The summed E-state index contributed by atoms with van der Waals surface area (Å²) in [6.07, 6.45) is 7.84. The molecule has 3 heteroatoms. The van der Waals surface area contributed by atoms with Gasteiger partial charge in [-0.15, -0.1) is 6.58 Å². The van der Waals surface area contributed by atoms with Gasteiger partial charge in [-0.05, 0) is 67.6 Å². The van der Waals surface area contributed by atoms with Crippen LogP contribution in [-0.4, -0.2) is 33.6 Å². The summed E-state index contributed by atoms with van der Waals surface area (Å²) in [5, 5.41) is 32.0. The van der Waals surface area contributed by atoms with Crippen molar-refractivity contribution in [3.8, 4) is 0 Å². The molecule has 3 nitrogen and oxygen atoms in total. The molecule has 0 amide bonds. The normalized spacial score (nSPS) is 56.5. The molecular formula is C20H34O3. The Bertz CT molecular complexity index is 491. The van der Waals surface area contributed by atoms with Crippen LogP contribution >= 0.6 is 0 Å². The summed E-state index contributed by atoms with van der Waals surface area (Å²) >= 11 is 0. The van der Waals surface area contributed by atoms with Gasteiger partial charge in [0.1, 0.15) is 0 Å². The lowest BCUT2D eigenvalue weighted by molar-refractivity contribution is -0.231. The number of hydrogen-bond donors (Lipinski definition) is 3. The number of aliphatic hydroxyl groups is 3. The van der Waals surface area contributed by atoms with Gasteiger partial charge in [-0.1, -0.05) is 26.8 Å². The second-order valence-electron chi connectivity index (χ2n) is 9.55. The van der Waals surface area contributed by atoms with Crippen LogP contribution < -0.4 is 0 Å². The minimum Gasteiger partial charge on any atom is -0.396 e. The van der Waals surface area contributed by atoms with Gasteiger partial charge in [0, 0.05) is 5.41 Å². The van der Waals surface area contributed by atoms with Crippen LogP contribution in [0, 0.1) is 28.1 Å². The molecule has 0 aliphatic heterocycles. The maximum atomic E-state index is 11.5. The average Bonchev–Trinajstić information content (AvgIpc) is 2.50. The van der Waals surface area contributed by atoms with Crippen LogP contribution in [0.2, 0.25) is 0 Å². The molecule has 0 bridgehead atoms. The predicted octanol–water partition coefficient (Wildman–Crippen LogP) is 3.28. The topological polar surface area (TPSA) is 60.7 Å². The molecule has 0 spiro atoms. The zero-order chi connectivity index (χ0) is 17.1. The highest BCUT2D eigenvalue weighted by atomic mass is 16.3. The maximum Gasteiger partial charge on any atom is 0.0689 e. The summed E-state index contributed by atoms with van der Waals surface area (Å²) in [5.41, 5.74) is -1.02. The van der Waals surface area contributed by atoms with E-state index in [9.17, 15) is 15.3 Å². The average molecular weight is 322 g/mol. The van der Waals surface area contributed by atoms with Gasteiger partial charge < -0.3 is 15.3 Å². The van der Waals surface area contributed by atoms with Gasteiger partial charge in [-0.25, -0.2) is 0 Å².